The molecule has 0 heterocycles. The average Bonchev–Trinajstić information content (AvgIpc) is 2.75. The summed E-state index contributed by atoms with van der Waals surface area (Å²) in [5.41, 5.74) is 2.45. The molecule has 0 fully saturated rings. The monoisotopic (exact) mass is 604 g/mol. The number of nitrogens with one attached hydrogen (secondary N) is 1. The van der Waals surface area contributed by atoms with Crippen molar-refractivity contribution in [1.82, 2.24) is 0 Å². The maximum atomic E-state index is 8.63. The Hall–Kier alpha value is -0.476. The Labute approximate surface area is 212 Å². The van der Waals surface area contributed by atoms with E-state index in [9.17, 15) is 0 Å². The Kier molecular flexibility index (Phi) is 20.3. The van der Waals surface area contributed by atoms with E-state index in [1.54, 1.807) is 24.3 Å². The Morgan fingerprint density at radius 2 is 0.933 bits per heavy atom. The molecule has 3 aromatic carbocycles. The molecule has 5 nitrogen and oxygen atoms in total. The summed E-state index contributed by atoms with van der Waals surface area (Å²) < 4.78 is 0. The van der Waals surface area contributed by atoms with Gasteiger partial charge in [0.25, 0.3) is 0 Å². The third-order valence-electron chi connectivity index (χ3n) is 3.15. The third kappa shape index (κ3) is 13.8. The summed E-state index contributed by atoms with van der Waals surface area (Å²) >= 11 is 23.6. The van der Waals surface area contributed by atoms with E-state index in [0.29, 0.717) is 10.5 Å². The minimum absolute atomic E-state index is 0. The number of halogens is 5. The third-order valence-corrected chi connectivity index (χ3v) is 3.90. The van der Waals surface area contributed by atoms with E-state index in [1.165, 1.54) is 0 Å². The molecule has 0 amide bonds. The molecule has 3 aromatic rings. The molecule has 0 unspecified atom stereocenters. The Bertz CT molecular complexity index is 759. The van der Waals surface area contributed by atoms with Crippen LogP contribution in [-0.4, -0.2) is 22.4 Å². The first-order valence-electron chi connectivity index (χ1n) is 7.71. The van der Waals surface area contributed by atoms with Gasteiger partial charge in [-0.05, 0) is 66.1 Å². The Morgan fingerprint density at radius 3 is 1.20 bits per heavy atom. The topological polar surface area (TPSA) is 98.7 Å². The molecular formula is C18H19BBrCl4CuN2O3. The van der Waals surface area contributed by atoms with Crippen LogP contribution in [-0.2, 0) is 14.2 Å². The predicted molar refractivity (Wildman–Crippen MR) is 130 cm³/mol. The summed E-state index contributed by atoms with van der Waals surface area (Å²) in [5.74, 6) is 3.50. The fourth-order valence-corrected chi connectivity index (χ4v) is 2.25. The standard InChI is InChI=1S/C12H9Cl2N.C6H6BClO2.BrH.ClH.Cu.H3NO/c13-9-1-5-11(6-2-9)15-12-7-3-10(14)4-8-12;8-6-3-1-5(2-4-6)7(9)10;;;;1-2/h1-8,15H;1-4,9-10H;2*1H;;2H,1H2/q;;;;+1;/p-1. The van der Waals surface area contributed by atoms with Crippen molar-refractivity contribution in [2.24, 2.45) is 5.90 Å². The van der Waals surface area contributed by atoms with Gasteiger partial charge in [-0.1, -0.05) is 46.9 Å². The minimum atomic E-state index is -1.41. The first-order valence-corrected chi connectivity index (χ1v) is 11.2. The summed E-state index contributed by atoms with van der Waals surface area (Å²) in [6.07, 6.45) is 0. The van der Waals surface area contributed by atoms with Crippen LogP contribution >= 0.6 is 61.3 Å². The number of benzene rings is 3. The van der Waals surface area contributed by atoms with Crippen molar-refractivity contribution in [3.8, 4) is 0 Å². The van der Waals surface area contributed by atoms with Crippen LogP contribution in [0.15, 0.2) is 72.8 Å². The van der Waals surface area contributed by atoms with Crippen LogP contribution in [0.3, 0.4) is 0 Å². The zero-order valence-electron chi connectivity index (χ0n) is 15.1. The van der Waals surface area contributed by atoms with Crippen LogP contribution in [0.5, 0.6) is 0 Å². The van der Waals surface area contributed by atoms with E-state index in [1.807, 2.05) is 48.5 Å². The fraction of sp³-hybridized carbons (Fsp3) is 0. The van der Waals surface area contributed by atoms with Gasteiger partial charge < -0.3 is 20.6 Å². The first-order chi connectivity index (χ1) is 13.9. The molecule has 0 saturated carbocycles. The normalized spacial score (nSPS) is 8.60. The van der Waals surface area contributed by atoms with Gasteiger partial charge in [0.2, 0.25) is 0 Å². The molecule has 6 N–H and O–H groups in total. The van der Waals surface area contributed by atoms with E-state index in [4.69, 9.17) is 50.1 Å². The van der Waals surface area contributed by atoms with Gasteiger partial charge in [0.05, 0.1) is 0 Å². The van der Waals surface area contributed by atoms with E-state index in [-0.39, 0.29) is 12.4 Å². The van der Waals surface area contributed by atoms with E-state index in [2.05, 4.69) is 39.5 Å². The van der Waals surface area contributed by atoms with Crippen LogP contribution in [0.2, 0.25) is 15.1 Å². The van der Waals surface area contributed by atoms with Gasteiger partial charge in [-0.25, -0.2) is 5.90 Å². The van der Waals surface area contributed by atoms with E-state index < -0.39 is 7.12 Å². The molecule has 168 valence electrons. The zero-order valence-corrected chi connectivity index (χ0v) is 20.8. The van der Waals surface area contributed by atoms with Gasteiger partial charge in [0.1, 0.15) is 0 Å². The molecule has 0 radical (unpaired) electrons. The SMILES string of the molecule is Cl.Clc1ccc(Nc2ccc(Cl)cc2)cc1.NO.OB(O)c1ccc(Cl)cc1.[Cu][Br]. The molecular weight excluding hydrogens is 588 g/mol. The number of hydrogen-bond donors (Lipinski definition) is 5. The number of hydrogen-bond acceptors (Lipinski definition) is 5. The molecule has 0 atom stereocenters. The van der Waals surface area contributed by atoms with Crippen LogP contribution in [0.4, 0.5) is 11.4 Å². The molecule has 0 aliphatic carbocycles. The summed E-state index contributed by atoms with van der Waals surface area (Å²) in [4.78, 5) is 0. The van der Waals surface area contributed by atoms with E-state index in [0.717, 1.165) is 21.4 Å². The summed E-state index contributed by atoms with van der Waals surface area (Å²) in [6.45, 7) is 0. The van der Waals surface area contributed by atoms with Crippen molar-refractivity contribution >= 4 is 85.3 Å². The van der Waals surface area contributed by atoms with Crippen LogP contribution < -0.4 is 16.7 Å². The van der Waals surface area contributed by atoms with Gasteiger partial charge in [-0.3, -0.25) is 0 Å². The van der Waals surface area contributed by atoms with Gasteiger partial charge in [-0.15, -0.1) is 12.4 Å². The van der Waals surface area contributed by atoms with Crippen molar-refractivity contribution in [2.45, 2.75) is 0 Å². The van der Waals surface area contributed by atoms with Gasteiger partial charge in [0.15, 0.2) is 0 Å². The molecule has 0 aliphatic rings. The number of rotatable bonds is 3. The van der Waals surface area contributed by atoms with E-state index >= 15 is 0 Å². The molecule has 0 aromatic heterocycles. The van der Waals surface area contributed by atoms with Crippen molar-refractivity contribution < 1.29 is 29.5 Å². The van der Waals surface area contributed by atoms with Crippen LogP contribution in [0.25, 0.3) is 0 Å². The van der Waals surface area contributed by atoms with Gasteiger partial charge >= 0.3 is 35.4 Å². The van der Waals surface area contributed by atoms with Crippen LogP contribution in [0, 0.1) is 0 Å². The number of anilines is 2. The summed E-state index contributed by atoms with van der Waals surface area (Å²) in [5, 5.41) is 29.0. The van der Waals surface area contributed by atoms with Crippen molar-refractivity contribution in [3.05, 3.63) is 87.9 Å². The molecule has 0 spiro atoms. The second-order valence-electron chi connectivity index (χ2n) is 5.06. The summed E-state index contributed by atoms with van der Waals surface area (Å²) in [7, 11) is -1.41. The first kappa shape index (κ1) is 31.7. The Balaban J connectivity index is 0. The van der Waals surface area contributed by atoms with Gasteiger partial charge in [-0.2, -0.15) is 0 Å². The Morgan fingerprint density at radius 1 is 0.667 bits per heavy atom. The van der Waals surface area contributed by atoms with Crippen molar-refractivity contribution in [2.75, 3.05) is 5.32 Å². The quantitative estimate of drug-likeness (QED) is 0.204. The molecule has 0 bridgehead atoms. The van der Waals surface area contributed by atoms with Crippen molar-refractivity contribution in [1.29, 1.82) is 0 Å². The number of nitrogens with two attached hydrogens (primary N) is 1. The predicted octanol–water partition coefficient (Wildman–Crippen LogP) is 5.36. The van der Waals surface area contributed by atoms with Crippen LogP contribution in [0.1, 0.15) is 0 Å². The average molecular weight is 607 g/mol. The molecule has 30 heavy (non-hydrogen) atoms. The molecule has 0 aliphatic heterocycles. The maximum absolute atomic E-state index is 8.63. The molecule has 3 rings (SSSR count). The second kappa shape index (κ2) is 19.2. The zero-order chi connectivity index (χ0) is 22.2. The second-order valence-corrected chi connectivity index (χ2v) is 6.37. The fourth-order valence-electron chi connectivity index (χ4n) is 1.87. The van der Waals surface area contributed by atoms with Gasteiger partial charge in [0, 0.05) is 26.4 Å². The molecule has 12 heteroatoms. The molecule has 0 saturated heterocycles. The summed E-state index contributed by atoms with van der Waals surface area (Å²) in [6, 6.07) is 21.4. The van der Waals surface area contributed by atoms with Crippen molar-refractivity contribution in [3.63, 3.8) is 0 Å².